The molecule has 0 heterocycles. The van der Waals surface area contributed by atoms with Crippen molar-refractivity contribution in [1.29, 1.82) is 0 Å². The quantitative estimate of drug-likeness (QED) is 0.676. The first-order valence-corrected chi connectivity index (χ1v) is 6.43. The summed E-state index contributed by atoms with van der Waals surface area (Å²) in [6.07, 6.45) is 0. The summed E-state index contributed by atoms with van der Waals surface area (Å²) in [5, 5.41) is 0. The fourth-order valence-electron chi connectivity index (χ4n) is 1.01. The number of nitrogens with zero attached hydrogens (tertiary/aromatic N) is 2. The zero-order valence-electron chi connectivity index (χ0n) is 10.5. The summed E-state index contributed by atoms with van der Waals surface area (Å²) in [4.78, 5) is 0. The van der Waals surface area contributed by atoms with E-state index in [9.17, 15) is 8.42 Å². The van der Waals surface area contributed by atoms with Crippen LogP contribution < -0.4 is 0 Å². The Labute approximate surface area is 93.7 Å². The molecule has 0 amide bonds. The Morgan fingerprint density at radius 3 is 1.87 bits per heavy atom. The molecule has 0 radical (unpaired) electrons. The Hall–Kier alpha value is -0.390. The van der Waals surface area contributed by atoms with Gasteiger partial charge in [-0.05, 0) is 20.8 Å². The lowest BCUT2D eigenvalue weighted by Crippen LogP contribution is -2.40. The van der Waals surface area contributed by atoms with Crippen LogP contribution in [0.5, 0.6) is 0 Å². The van der Waals surface area contributed by atoms with Gasteiger partial charge in [-0.2, -0.15) is 17.0 Å². The topological polar surface area (TPSA) is 40.6 Å². The van der Waals surface area contributed by atoms with Crippen molar-refractivity contribution in [3.05, 3.63) is 11.1 Å². The fraction of sp³-hybridized carbons (Fsp3) is 0.800. The van der Waals surface area contributed by atoms with Gasteiger partial charge in [0.05, 0.1) is 0 Å². The molecular formula is C10H22N2O2S. The van der Waals surface area contributed by atoms with Gasteiger partial charge in [-0.1, -0.05) is 18.1 Å². The Kier molecular flexibility index (Phi) is 5.48. The van der Waals surface area contributed by atoms with Crippen molar-refractivity contribution < 1.29 is 8.42 Å². The van der Waals surface area contributed by atoms with Crippen molar-refractivity contribution in [3.8, 4) is 0 Å². The molecule has 0 atom stereocenters. The highest BCUT2D eigenvalue weighted by molar-refractivity contribution is 7.86. The van der Waals surface area contributed by atoms with Crippen LogP contribution in [0.1, 0.15) is 27.7 Å². The molecule has 0 aliphatic carbocycles. The van der Waals surface area contributed by atoms with Gasteiger partial charge in [-0.15, -0.1) is 0 Å². The summed E-state index contributed by atoms with van der Waals surface area (Å²) in [5.41, 5.74) is 2.27. The molecule has 90 valence electrons. The molecule has 0 spiro atoms. The molecule has 0 aromatic carbocycles. The third-order valence-corrected chi connectivity index (χ3v) is 4.37. The average Bonchev–Trinajstić information content (AvgIpc) is 2.12. The van der Waals surface area contributed by atoms with E-state index in [0.717, 1.165) is 5.57 Å². The minimum atomic E-state index is -3.29. The molecule has 0 saturated heterocycles. The molecule has 0 fully saturated rings. The average molecular weight is 234 g/mol. The fourth-order valence-corrected chi connectivity index (χ4v) is 2.16. The molecule has 15 heavy (non-hydrogen) atoms. The van der Waals surface area contributed by atoms with Crippen molar-refractivity contribution in [2.75, 3.05) is 27.2 Å². The van der Waals surface area contributed by atoms with Crippen LogP contribution in [0.25, 0.3) is 0 Å². The first kappa shape index (κ1) is 14.6. The zero-order chi connectivity index (χ0) is 12.2. The van der Waals surface area contributed by atoms with Crippen LogP contribution in [0, 0.1) is 0 Å². The van der Waals surface area contributed by atoms with Gasteiger partial charge < -0.3 is 0 Å². The summed E-state index contributed by atoms with van der Waals surface area (Å²) >= 11 is 0. The second kappa shape index (κ2) is 5.63. The molecule has 0 unspecified atom stereocenters. The SMILES string of the molecule is CCN(CC(C)=C(C)C)S(=O)(=O)N(C)C. The zero-order valence-corrected chi connectivity index (χ0v) is 11.3. The van der Waals surface area contributed by atoms with E-state index in [-0.39, 0.29) is 0 Å². The van der Waals surface area contributed by atoms with Gasteiger partial charge in [-0.3, -0.25) is 0 Å². The number of hydrogen-bond acceptors (Lipinski definition) is 2. The summed E-state index contributed by atoms with van der Waals surface area (Å²) in [5.74, 6) is 0. The van der Waals surface area contributed by atoms with Crippen molar-refractivity contribution in [1.82, 2.24) is 8.61 Å². The van der Waals surface area contributed by atoms with E-state index < -0.39 is 10.2 Å². The highest BCUT2D eigenvalue weighted by Gasteiger charge is 2.22. The Morgan fingerprint density at radius 2 is 1.60 bits per heavy atom. The van der Waals surface area contributed by atoms with Crippen LogP contribution >= 0.6 is 0 Å². The van der Waals surface area contributed by atoms with Crippen LogP contribution in [0.4, 0.5) is 0 Å². The number of rotatable bonds is 5. The van der Waals surface area contributed by atoms with Gasteiger partial charge in [0, 0.05) is 27.2 Å². The van der Waals surface area contributed by atoms with E-state index in [1.165, 1.54) is 14.2 Å². The standard InChI is InChI=1S/C10H22N2O2S/c1-7-12(8-10(4)9(2)3)15(13,14)11(5)6/h7-8H2,1-6H3. The van der Waals surface area contributed by atoms with E-state index in [0.29, 0.717) is 13.1 Å². The highest BCUT2D eigenvalue weighted by atomic mass is 32.2. The van der Waals surface area contributed by atoms with Crippen LogP contribution in [0.2, 0.25) is 0 Å². The molecule has 0 aliphatic rings. The van der Waals surface area contributed by atoms with Gasteiger partial charge in [0.25, 0.3) is 10.2 Å². The molecular weight excluding hydrogens is 212 g/mol. The Balaban J connectivity index is 4.90. The lowest BCUT2D eigenvalue weighted by molar-refractivity contribution is 0.404. The molecule has 0 bridgehead atoms. The van der Waals surface area contributed by atoms with Gasteiger partial charge in [0.1, 0.15) is 0 Å². The predicted molar refractivity (Wildman–Crippen MR) is 63.9 cm³/mol. The summed E-state index contributed by atoms with van der Waals surface area (Å²) < 4.78 is 26.4. The maximum Gasteiger partial charge on any atom is 0.281 e. The summed E-state index contributed by atoms with van der Waals surface area (Å²) in [6.45, 7) is 8.75. The number of hydrogen-bond donors (Lipinski definition) is 0. The molecule has 0 aliphatic heterocycles. The van der Waals surface area contributed by atoms with E-state index in [2.05, 4.69) is 0 Å². The molecule has 0 rings (SSSR count). The Morgan fingerprint density at radius 1 is 1.13 bits per heavy atom. The van der Waals surface area contributed by atoms with E-state index in [1.54, 1.807) is 14.1 Å². The largest absolute Gasteiger partial charge is 0.281 e. The van der Waals surface area contributed by atoms with Gasteiger partial charge >= 0.3 is 0 Å². The van der Waals surface area contributed by atoms with Crippen LogP contribution in [-0.2, 0) is 10.2 Å². The minimum Gasteiger partial charge on any atom is -0.195 e. The van der Waals surface area contributed by atoms with E-state index in [1.807, 2.05) is 27.7 Å². The smallest absolute Gasteiger partial charge is 0.195 e. The first-order valence-electron chi connectivity index (χ1n) is 5.04. The molecule has 0 N–H and O–H groups in total. The normalized spacial score (nSPS) is 12.3. The maximum absolute atomic E-state index is 11.8. The van der Waals surface area contributed by atoms with Crippen LogP contribution in [0.3, 0.4) is 0 Å². The van der Waals surface area contributed by atoms with Crippen molar-refractivity contribution in [3.63, 3.8) is 0 Å². The highest BCUT2D eigenvalue weighted by Crippen LogP contribution is 2.10. The summed E-state index contributed by atoms with van der Waals surface area (Å²) in [7, 11) is -0.182. The third kappa shape index (κ3) is 3.93. The van der Waals surface area contributed by atoms with Crippen molar-refractivity contribution in [2.24, 2.45) is 0 Å². The maximum atomic E-state index is 11.8. The van der Waals surface area contributed by atoms with Gasteiger partial charge in [0.15, 0.2) is 0 Å². The summed E-state index contributed by atoms with van der Waals surface area (Å²) in [6, 6.07) is 0. The van der Waals surface area contributed by atoms with Gasteiger partial charge in [0.2, 0.25) is 0 Å². The van der Waals surface area contributed by atoms with Crippen molar-refractivity contribution in [2.45, 2.75) is 27.7 Å². The van der Waals surface area contributed by atoms with E-state index in [4.69, 9.17) is 0 Å². The third-order valence-electron chi connectivity index (χ3n) is 2.41. The van der Waals surface area contributed by atoms with E-state index >= 15 is 0 Å². The van der Waals surface area contributed by atoms with Crippen LogP contribution in [0.15, 0.2) is 11.1 Å². The lowest BCUT2D eigenvalue weighted by Gasteiger charge is -2.24. The predicted octanol–water partition coefficient (Wildman–Crippen LogP) is 1.47. The number of likely N-dealkylation sites (N-methyl/N-ethyl adjacent to an activating group) is 1. The Bertz CT molecular complexity index is 327. The second-order valence-corrected chi connectivity index (χ2v) is 6.14. The molecule has 0 aromatic rings. The first-order chi connectivity index (χ1) is 6.73. The number of allylic oxidation sites excluding steroid dienone is 1. The molecule has 4 nitrogen and oxygen atoms in total. The monoisotopic (exact) mass is 234 g/mol. The minimum absolute atomic E-state index is 0.472. The second-order valence-electron chi connectivity index (χ2n) is 4.00. The molecule has 5 heteroatoms. The van der Waals surface area contributed by atoms with Crippen molar-refractivity contribution >= 4 is 10.2 Å². The molecule has 0 aromatic heterocycles. The lowest BCUT2D eigenvalue weighted by atomic mass is 10.2. The van der Waals surface area contributed by atoms with Crippen LogP contribution in [-0.4, -0.2) is 44.2 Å². The van der Waals surface area contributed by atoms with Gasteiger partial charge in [-0.25, -0.2) is 0 Å². The molecule has 0 saturated carbocycles.